The number of hydrogen-bond donors (Lipinski definition) is 2. The molecule has 22 heavy (non-hydrogen) atoms. The van der Waals surface area contributed by atoms with Crippen molar-refractivity contribution in [3.63, 3.8) is 0 Å². The van der Waals surface area contributed by atoms with Gasteiger partial charge in [-0.1, -0.05) is 19.1 Å². The first kappa shape index (κ1) is 16.7. The molecule has 122 valence electrons. The van der Waals surface area contributed by atoms with Crippen LogP contribution in [-0.4, -0.2) is 44.1 Å². The van der Waals surface area contributed by atoms with Gasteiger partial charge in [-0.2, -0.15) is 0 Å². The third-order valence-electron chi connectivity index (χ3n) is 3.96. The number of hydrogen-bond acceptors (Lipinski definition) is 2. The minimum Gasteiger partial charge on any atom is -0.356 e. The Hall–Kier alpha value is -1.62. The van der Waals surface area contributed by atoms with Crippen LogP contribution in [0.15, 0.2) is 29.3 Å². The average Bonchev–Trinajstić information content (AvgIpc) is 3.00. The molecule has 1 aliphatic heterocycles. The summed E-state index contributed by atoms with van der Waals surface area (Å²) in [5, 5.41) is 6.57. The molecule has 0 saturated carbocycles. The van der Waals surface area contributed by atoms with Crippen LogP contribution >= 0.6 is 0 Å². The first-order chi connectivity index (χ1) is 10.7. The first-order valence-corrected chi connectivity index (χ1v) is 8.08. The van der Waals surface area contributed by atoms with Crippen molar-refractivity contribution in [1.82, 2.24) is 15.5 Å². The Bertz CT molecular complexity index is 483. The van der Waals surface area contributed by atoms with Crippen molar-refractivity contribution in [3.05, 3.63) is 35.6 Å². The summed E-state index contributed by atoms with van der Waals surface area (Å²) in [4.78, 5) is 6.74. The average molecular weight is 306 g/mol. The molecule has 4 nitrogen and oxygen atoms in total. The normalized spacial score (nSPS) is 17.5. The maximum Gasteiger partial charge on any atom is 0.191 e. The van der Waals surface area contributed by atoms with Crippen molar-refractivity contribution in [1.29, 1.82) is 0 Å². The summed E-state index contributed by atoms with van der Waals surface area (Å²) in [5.74, 6) is 1.13. The second kappa shape index (κ2) is 8.73. The number of benzene rings is 1. The van der Waals surface area contributed by atoms with E-state index in [-0.39, 0.29) is 5.82 Å². The molecular formula is C17H27FN4. The second-order valence-corrected chi connectivity index (χ2v) is 6.05. The lowest BCUT2D eigenvalue weighted by molar-refractivity contribution is 0.287. The fraction of sp³-hybridized carbons (Fsp3) is 0.588. The van der Waals surface area contributed by atoms with Gasteiger partial charge in [0.15, 0.2) is 5.96 Å². The van der Waals surface area contributed by atoms with Gasteiger partial charge in [0.2, 0.25) is 0 Å². The smallest absolute Gasteiger partial charge is 0.191 e. The molecule has 1 heterocycles. The van der Waals surface area contributed by atoms with Gasteiger partial charge in [-0.25, -0.2) is 4.39 Å². The predicted octanol–water partition coefficient (Wildman–Crippen LogP) is 2.22. The van der Waals surface area contributed by atoms with E-state index >= 15 is 0 Å². The van der Waals surface area contributed by atoms with Crippen LogP contribution in [0, 0.1) is 11.7 Å². The number of nitrogens with zero attached hydrogens (tertiary/aromatic N) is 2. The Morgan fingerprint density at radius 2 is 2.09 bits per heavy atom. The summed E-state index contributed by atoms with van der Waals surface area (Å²) in [5.41, 5.74) is 0.910. The van der Waals surface area contributed by atoms with Gasteiger partial charge >= 0.3 is 0 Å². The summed E-state index contributed by atoms with van der Waals surface area (Å²) in [7, 11) is 1.76. The van der Waals surface area contributed by atoms with Gasteiger partial charge in [-0.15, -0.1) is 0 Å². The summed E-state index contributed by atoms with van der Waals surface area (Å²) in [6.45, 7) is 7.31. The number of halogens is 1. The molecule has 1 fully saturated rings. The van der Waals surface area contributed by atoms with Crippen LogP contribution in [0.3, 0.4) is 0 Å². The van der Waals surface area contributed by atoms with E-state index in [1.165, 1.54) is 38.1 Å². The van der Waals surface area contributed by atoms with Crippen LogP contribution in [0.5, 0.6) is 0 Å². The highest BCUT2D eigenvalue weighted by molar-refractivity contribution is 5.79. The van der Waals surface area contributed by atoms with Crippen LogP contribution in [-0.2, 0) is 6.54 Å². The Morgan fingerprint density at radius 3 is 2.77 bits per heavy atom. The van der Waals surface area contributed by atoms with Gasteiger partial charge in [0, 0.05) is 26.7 Å². The van der Waals surface area contributed by atoms with Crippen LogP contribution in [0.4, 0.5) is 4.39 Å². The quantitative estimate of drug-likeness (QED) is 0.625. The molecule has 5 heteroatoms. The van der Waals surface area contributed by atoms with Gasteiger partial charge < -0.3 is 15.5 Å². The largest absolute Gasteiger partial charge is 0.356 e. The van der Waals surface area contributed by atoms with Crippen LogP contribution in [0.25, 0.3) is 0 Å². The third-order valence-corrected chi connectivity index (χ3v) is 3.96. The minimum absolute atomic E-state index is 0.207. The molecule has 0 bridgehead atoms. The van der Waals surface area contributed by atoms with Crippen LogP contribution in [0.1, 0.15) is 25.3 Å². The summed E-state index contributed by atoms with van der Waals surface area (Å²) in [6, 6.07) is 6.62. The topological polar surface area (TPSA) is 39.7 Å². The molecule has 2 rings (SSSR count). The van der Waals surface area contributed by atoms with E-state index in [0.29, 0.717) is 12.5 Å². The third kappa shape index (κ3) is 5.64. The molecule has 1 aliphatic rings. The summed E-state index contributed by atoms with van der Waals surface area (Å²) >= 11 is 0. The molecule has 0 aliphatic carbocycles. The lowest BCUT2D eigenvalue weighted by atomic mass is 10.1. The molecule has 2 N–H and O–H groups in total. The fourth-order valence-electron chi connectivity index (χ4n) is 2.79. The molecular weight excluding hydrogens is 279 g/mol. The molecule has 1 aromatic rings. The van der Waals surface area contributed by atoms with Crippen molar-refractivity contribution in [2.24, 2.45) is 10.9 Å². The maximum absolute atomic E-state index is 13.1. The predicted molar refractivity (Wildman–Crippen MR) is 89.4 cm³/mol. The van der Waals surface area contributed by atoms with E-state index in [9.17, 15) is 4.39 Å². The maximum atomic E-state index is 13.1. The number of likely N-dealkylation sites (tertiary alicyclic amines) is 1. The van der Waals surface area contributed by atoms with Gasteiger partial charge in [-0.3, -0.25) is 4.99 Å². The van der Waals surface area contributed by atoms with E-state index in [1.807, 2.05) is 6.07 Å². The van der Waals surface area contributed by atoms with Gasteiger partial charge in [0.05, 0.1) is 0 Å². The SMILES string of the molecule is CN=C(NCc1cccc(F)c1)NCC(C)CN1CCCC1. The highest BCUT2D eigenvalue weighted by Gasteiger charge is 2.14. The standard InChI is InChI=1S/C17H27FN4/c1-14(13-22-8-3-4-9-22)11-20-17(19-2)21-12-15-6-5-7-16(18)10-15/h5-7,10,14H,3-4,8-9,11-13H2,1-2H3,(H2,19,20,21). The van der Waals surface area contributed by atoms with Gasteiger partial charge in [0.25, 0.3) is 0 Å². The van der Waals surface area contributed by atoms with Crippen LogP contribution < -0.4 is 10.6 Å². The second-order valence-electron chi connectivity index (χ2n) is 6.05. The van der Waals surface area contributed by atoms with E-state index < -0.39 is 0 Å². The van der Waals surface area contributed by atoms with Gasteiger partial charge in [-0.05, 0) is 49.5 Å². The highest BCUT2D eigenvalue weighted by atomic mass is 19.1. The Kier molecular flexibility index (Phi) is 6.65. The fourth-order valence-corrected chi connectivity index (χ4v) is 2.79. The highest BCUT2D eigenvalue weighted by Crippen LogP contribution is 2.09. The van der Waals surface area contributed by atoms with Crippen molar-refractivity contribution in [3.8, 4) is 0 Å². The molecule has 0 amide bonds. The molecule has 1 atom stereocenters. The van der Waals surface area contributed by atoms with E-state index in [1.54, 1.807) is 13.1 Å². The summed E-state index contributed by atoms with van der Waals surface area (Å²) in [6.07, 6.45) is 2.66. The molecule has 1 unspecified atom stereocenters. The number of nitrogens with one attached hydrogen (secondary N) is 2. The Balaban J connectivity index is 1.70. The van der Waals surface area contributed by atoms with E-state index in [2.05, 4.69) is 27.4 Å². The number of rotatable bonds is 6. The Labute approximate surface area is 132 Å². The zero-order chi connectivity index (χ0) is 15.8. The van der Waals surface area contributed by atoms with Crippen LogP contribution in [0.2, 0.25) is 0 Å². The number of aliphatic imine (C=N–C) groups is 1. The first-order valence-electron chi connectivity index (χ1n) is 8.08. The molecule has 1 saturated heterocycles. The van der Waals surface area contributed by atoms with E-state index in [4.69, 9.17) is 0 Å². The number of guanidine groups is 1. The zero-order valence-corrected chi connectivity index (χ0v) is 13.6. The molecule has 1 aromatic carbocycles. The monoisotopic (exact) mass is 306 g/mol. The lowest BCUT2D eigenvalue weighted by Gasteiger charge is -2.21. The van der Waals surface area contributed by atoms with Gasteiger partial charge in [0.1, 0.15) is 5.82 Å². The van der Waals surface area contributed by atoms with Crippen molar-refractivity contribution in [2.45, 2.75) is 26.3 Å². The zero-order valence-electron chi connectivity index (χ0n) is 13.6. The van der Waals surface area contributed by atoms with E-state index in [0.717, 1.165) is 24.6 Å². The lowest BCUT2D eigenvalue weighted by Crippen LogP contribution is -2.41. The minimum atomic E-state index is -0.207. The molecule has 0 aromatic heterocycles. The van der Waals surface area contributed by atoms with Crippen molar-refractivity contribution >= 4 is 5.96 Å². The van der Waals surface area contributed by atoms with Crippen molar-refractivity contribution in [2.75, 3.05) is 33.2 Å². The molecule has 0 spiro atoms. The Morgan fingerprint density at radius 1 is 1.32 bits per heavy atom. The van der Waals surface area contributed by atoms with Crippen molar-refractivity contribution < 1.29 is 4.39 Å². The molecule has 0 radical (unpaired) electrons. The summed E-state index contributed by atoms with van der Waals surface area (Å²) < 4.78 is 13.1.